The smallest absolute Gasteiger partial charge is 0.127 e. The summed E-state index contributed by atoms with van der Waals surface area (Å²) in [5.74, 6) is 3.16. The molecule has 1 aliphatic carbocycles. The van der Waals surface area contributed by atoms with Gasteiger partial charge in [0, 0.05) is 17.9 Å². The minimum Gasteiger partial charge on any atom is -0.384 e. The van der Waals surface area contributed by atoms with Crippen LogP contribution in [0.3, 0.4) is 0 Å². The Kier molecular flexibility index (Phi) is 3.43. The van der Waals surface area contributed by atoms with E-state index in [4.69, 9.17) is 10.7 Å². The summed E-state index contributed by atoms with van der Waals surface area (Å²) in [5.41, 5.74) is 7.45. The van der Waals surface area contributed by atoms with E-state index in [1.807, 2.05) is 11.8 Å². The van der Waals surface area contributed by atoms with Gasteiger partial charge in [0.25, 0.3) is 0 Å². The van der Waals surface area contributed by atoms with Gasteiger partial charge in [0.1, 0.15) is 11.6 Å². The maximum atomic E-state index is 6.27. The number of thioether (sulfide) groups is 1. The summed E-state index contributed by atoms with van der Waals surface area (Å²) in [7, 11) is 0. The fraction of sp³-hybridized carbons (Fsp3) is 0.769. The highest BCUT2D eigenvalue weighted by molar-refractivity contribution is 7.98. The lowest BCUT2D eigenvalue weighted by Gasteiger charge is -2.20. The van der Waals surface area contributed by atoms with E-state index in [0.717, 1.165) is 29.5 Å². The topological polar surface area (TPSA) is 43.8 Å². The Labute approximate surface area is 108 Å². The predicted molar refractivity (Wildman–Crippen MR) is 75.7 cm³/mol. The van der Waals surface area contributed by atoms with E-state index in [-0.39, 0.29) is 5.41 Å². The molecule has 1 aliphatic rings. The molecule has 17 heavy (non-hydrogen) atoms. The largest absolute Gasteiger partial charge is 0.384 e. The standard InChI is InChI=1S/C13H23N3S/c1-13(2,3)12-15-10(7-8-17-4)11(14)16(12)9-5-6-9/h9H,5-8,14H2,1-4H3. The van der Waals surface area contributed by atoms with Crippen LogP contribution >= 0.6 is 11.8 Å². The van der Waals surface area contributed by atoms with Crippen LogP contribution in [0, 0.1) is 0 Å². The van der Waals surface area contributed by atoms with Crippen molar-refractivity contribution >= 4 is 17.6 Å². The number of imidazole rings is 1. The van der Waals surface area contributed by atoms with Crippen molar-refractivity contribution in [3.63, 3.8) is 0 Å². The van der Waals surface area contributed by atoms with Gasteiger partial charge in [-0.25, -0.2) is 4.98 Å². The van der Waals surface area contributed by atoms with Gasteiger partial charge in [0.05, 0.1) is 5.69 Å². The molecule has 0 aromatic carbocycles. The molecule has 1 fully saturated rings. The highest BCUT2D eigenvalue weighted by Gasteiger charge is 2.33. The first-order chi connectivity index (χ1) is 7.95. The van der Waals surface area contributed by atoms with Crippen molar-refractivity contribution in [1.29, 1.82) is 0 Å². The Bertz CT molecular complexity index is 400. The molecule has 0 aliphatic heterocycles. The van der Waals surface area contributed by atoms with Crippen molar-refractivity contribution in [3.05, 3.63) is 11.5 Å². The molecule has 0 atom stereocenters. The Balaban J connectivity index is 2.36. The van der Waals surface area contributed by atoms with Crippen LogP contribution in [0.1, 0.15) is 51.2 Å². The van der Waals surface area contributed by atoms with Gasteiger partial charge in [-0.1, -0.05) is 20.8 Å². The number of aryl methyl sites for hydroxylation is 1. The van der Waals surface area contributed by atoms with Crippen molar-refractivity contribution in [2.24, 2.45) is 0 Å². The summed E-state index contributed by atoms with van der Waals surface area (Å²) in [5, 5.41) is 0. The van der Waals surface area contributed by atoms with Crippen molar-refractivity contribution < 1.29 is 0 Å². The fourth-order valence-electron chi connectivity index (χ4n) is 2.11. The third kappa shape index (κ3) is 2.62. The number of nitrogens with zero attached hydrogens (tertiary/aromatic N) is 2. The monoisotopic (exact) mass is 253 g/mol. The molecule has 1 heterocycles. The maximum Gasteiger partial charge on any atom is 0.127 e. The predicted octanol–water partition coefficient (Wildman–Crippen LogP) is 3.00. The van der Waals surface area contributed by atoms with Gasteiger partial charge in [-0.3, -0.25) is 0 Å². The van der Waals surface area contributed by atoms with Crippen LogP contribution < -0.4 is 5.73 Å². The van der Waals surface area contributed by atoms with E-state index in [2.05, 4.69) is 31.6 Å². The molecule has 3 nitrogen and oxygen atoms in total. The third-order valence-electron chi connectivity index (χ3n) is 3.15. The summed E-state index contributed by atoms with van der Waals surface area (Å²) in [6.07, 6.45) is 5.62. The van der Waals surface area contributed by atoms with Crippen LogP contribution in [0.5, 0.6) is 0 Å². The van der Waals surface area contributed by atoms with E-state index in [1.54, 1.807) is 0 Å². The van der Waals surface area contributed by atoms with Crippen LogP contribution in [0.15, 0.2) is 0 Å². The first-order valence-electron chi connectivity index (χ1n) is 6.31. The van der Waals surface area contributed by atoms with Gasteiger partial charge in [-0.15, -0.1) is 0 Å². The Morgan fingerprint density at radius 3 is 2.53 bits per heavy atom. The molecule has 0 saturated heterocycles. The number of aromatic nitrogens is 2. The first kappa shape index (κ1) is 12.8. The normalized spacial score (nSPS) is 16.5. The van der Waals surface area contributed by atoms with Crippen LogP contribution in [0.4, 0.5) is 5.82 Å². The Morgan fingerprint density at radius 2 is 2.06 bits per heavy atom. The van der Waals surface area contributed by atoms with Crippen LogP contribution in [-0.4, -0.2) is 21.6 Å². The number of hydrogen-bond donors (Lipinski definition) is 1. The third-order valence-corrected chi connectivity index (χ3v) is 3.76. The number of hydrogen-bond acceptors (Lipinski definition) is 3. The Hall–Kier alpha value is -0.640. The van der Waals surface area contributed by atoms with Crippen molar-refractivity contribution in [3.8, 4) is 0 Å². The van der Waals surface area contributed by atoms with Gasteiger partial charge in [0.15, 0.2) is 0 Å². The summed E-state index contributed by atoms with van der Waals surface area (Å²) in [4.78, 5) is 4.80. The van der Waals surface area contributed by atoms with E-state index in [0.29, 0.717) is 6.04 Å². The molecule has 4 heteroatoms. The highest BCUT2D eigenvalue weighted by Crippen LogP contribution is 2.41. The second-order valence-corrected chi connectivity index (χ2v) is 6.85. The summed E-state index contributed by atoms with van der Waals surface area (Å²) in [6, 6.07) is 0.611. The number of rotatable bonds is 4. The molecule has 1 aromatic heterocycles. The molecular weight excluding hydrogens is 230 g/mol. The van der Waals surface area contributed by atoms with Crippen LogP contribution in [0.2, 0.25) is 0 Å². The molecule has 0 spiro atoms. The van der Waals surface area contributed by atoms with Crippen molar-refractivity contribution in [1.82, 2.24) is 9.55 Å². The maximum absolute atomic E-state index is 6.27. The minimum atomic E-state index is 0.0777. The van der Waals surface area contributed by atoms with Crippen LogP contribution in [0.25, 0.3) is 0 Å². The van der Waals surface area contributed by atoms with Crippen LogP contribution in [-0.2, 0) is 11.8 Å². The van der Waals surface area contributed by atoms with Crippen molar-refractivity contribution in [2.75, 3.05) is 17.7 Å². The van der Waals surface area contributed by atoms with E-state index in [9.17, 15) is 0 Å². The average Bonchev–Trinajstić information content (AvgIpc) is 3.00. The van der Waals surface area contributed by atoms with Gasteiger partial charge in [0.2, 0.25) is 0 Å². The Morgan fingerprint density at radius 1 is 1.41 bits per heavy atom. The molecule has 0 bridgehead atoms. The summed E-state index contributed by atoms with van der Waals surface area (Å²) in [6.45, 7) is 6.64. The molecular formula is C13H23N3S. The quantitative estimate of drug-likeness (QED) is 0.897. The van der Waals surface area contributed by atoms with E-state index in [1.165, 1.54) is 12.8 Å². The summed E-state index contributed by atoms with van der Waals surface area (Å²) >= 11 is 1.85. The first-order valence-corrected chi connectivity index (χ1v) is 7.70. The minimum absolute atomic E-state index is 0.0777. The lowest BCUT2D eigenvalue weighted by Crippen LogP contribution is -2.19. The fourth-order valence-corrected chi connectivity index (χ4v) is 2.50. The molecule has 0 unspecified atom stereocenters. The van der Waals surface area contributed by atoms with Gasteiger partial charge >= 0.3 is 0 Å². The number of nitrogen functional groups attached to an aromatic ring is 1. The average molecular weight is 253 g/mol. The second kappa shape index (κ2) is 4.56. The highest BCUT2D eigenvalue weighted by atomic mass is 32.2. The second-order valence-electron chi connectivity index (χ2n) is 5.86. The molecule has 1 saturated carbocycles. The number of nitrogens with two attached hydrogens (primary N) is 1. The van der Waals surface area contributed by atoms with Gasteiger partial charge < -0.3 is 10.3 Å². The SMILES string of the molecule is CSCCc1nc(C(C)(C)C)n(C2CC2)c1N. The van der Waals surface area contributed by atoms with E-state index >= 15 is 0 Å². The van der Waals surface area contributed by atoms with E-state index < -0.39 is 0 Å². The lowest BCUT2D eigenvalue weighted by molar-refractivity contribution is 0.504. The molecule has 0 radical (unpaired) electrons. The molecule has 2 rings (SSSR count). The molecule has 0 amide bonds. The zero-order valence-corrected chi connectivity index (χ0v) is 12.1. The van der Waals surface area contributed by atoms with Gasteiger partial charge in [-0.2, -0.15) is 11.8 Å². The molecule has 1 aromatic rings. The van der Waals surface area contributed by atoms with Crippen molar-refractivity contribution in [2.45, 2.75) is 51.5 Å². The molecule has 96 valence electrons. The van der Waals surface area contributed by atoms with Gasteiger partial charge in [-0.05, 0) is 24.9 Å². The lowest BCUT2D eigenvalue weighted by atomic mass is 9.95. The molecule has 2 N–H and O–H groups in total. The zero-order valence-electron chi connectivity index (χ0n) is 11.3. The number of anilines is 1. The zero-order chi connectivity index (χ0) is 12.6. The summed E-state index contributed by atoms with van der Waals surface area (Å²) < 4.78 is 2.29.